The van der Waals surface area contributed by atoms with Gasteiger partial charge >= 0.3 is 0 Å². The van der Waals surface area contributed by atoms with Gasteiger partial charge in [0.05, 0.1) is 23.3 Å². The maximum atomic E-state index is 13.3. The van der Waals surface area contributed by atoms with Crippen LogP contribution in [0, 0.1) is 31.0 Å². The van der Waals surface area contributed by atoms with Crippen LogP contribution >= 0.6 is 11.6 Å². The van der Waals surface area contributed by atoms with E-state index in [0.717, 1.165) is 17.3 Å². The highest BCUT2D eigenvalue weighted by Crippen LogP contribution is 2.32. The van der Waals surface area contributed by atoms with Crippen LogP contribution in [0.15, 0.2) is 51.8 Å². The summed E-state index contributed by atoms with van der Waals surface area (Å²) in [6.07, 6.45) is 1.08. The Morgan fingerprint density at radius 1 is 1.22 bits per heavy atom. The lowest BCUT2D eigenvalue weighted by molar-refractivity contribution is 0.598. The summed E-state index contributed by atoms with van der Waals surface area (Å²) >= 11 is 5.90. The Labute approximate surface area is 188 Å². The fraction of sp³-hybridized carbons (Fsp3) is 0.167. The van der Waals surface area contributed by atoms with Gasteiger partial charge in [-0.1, -0.05) is 17.7 Å². The van der Waals surface area contributed by atoms with Crippen molar-refractivity contribution in [3.05, 3.63) is 86.2 Å². The summed E-state index contributed by atoms with van der Waals surface area (Å²) in [6, 6.07) is 11.4. The first-order chi connectivity index (χ1) is 15.3. The standard InChI is InChI=1S/C24H18ClFN4O2/c1-12-8-16(14(3)29-18-6-7-21(25)30-20(18)10-27)24-17(9-12)22(31)13(2)23(32-24)19-5-4-15(26)11-28-19/h4-9,11,14,29H,1-3H3/t14-/m1/s1. The van der Waals surface area contributed by atoms with Crippen molar-refractivity contribution in [2.45, 2.75) is 26.8 Å². The van der Waals surface area contributed by atoms with Gasteiger partial charge in [-0.15, -0.1) is 0 Å². The maximum Gasteiger partial charge on any atom is 0.196 e. The lowest BCUT2D eigenvalue weighted by atomic mass is 9.99. The highest BCUT2D eigenvalue weighted by Gasteiger charge is 2.20. The van der Waals surface area contributed by atoms with Crippen molar-refractivity contribution >= 4 is 28.3 Å². The molecule has 8 heteroatoms. The van der Waals surface area contributed by atoms with E-state index < -0.39 is 5.82 Å². The number of fused-ring (bicyclic) bond motifs is 1. The monoisotopic (exact) mass is 448 g/mol. The van der Waals surface area contributed by atoms with E-state index in [2.05, 4.69) is 15.3 Å². The van der Waals surface area contributed by atoms with Crippen molar-refractivity contribution in [3.63, 3.8) is 0 Å². The average Bonchev–Trinajstić information content (AvgIpc) is 2.78. The van der Waals surface area contributed by atoms with E-state index in [4.69, 9.17) is 16.0 Å². The summed E-state index contributed by atoms with van der Waals surface area (Å²) in [6.45, 7) is 5.44. The van der Waals surface area contributed by atoms with E-state index in [-0.39, 0.29) is 28.1 Å². The quantitative estimate of drug-likeness (QED) is 0.402. The van der Waals surface area contributed by atoms with Crippen molar-refractivity contribution in [2.24, 2.45) is 0 Å². The molecule has 1 N–H and O–H groups in total. The number of rotatable bonds is 4. The summed E-state index contributed by atoms with van der Waals surface area (Å²) in [5, 5.41) is 13.3. The fourth-order valence-electron chi connectivity index (χ4n) is 3.59. The van der Waals surface area contributed by atoms with Gasteiger partial charge in [-0.2, -0.15) is 5.26 Å². The van der Waals surface area contributed by atoms with Crippen LogP contribution in [0.3, 0.4) is 0 Å². The minimum absolute atomic E-state index is 0.162. The second-order valence-corrected chi connectivity index (χ2v) is 7.87. The molecule has 1 atom stereocenters. The van der Waals surface area contributed by atoms with Gasteiger partial charge in [-0.05, 0) is 56.7 Å². The highest BCUT2D eigenvalue weighted by atomic mass is 35.5. The second-order valence-electron chi connectivity index (χ2n) is 7.49. The van der Waals surface area contributed by atoms with Crippen molar-refractivity contribution < 1.29 is 8.81 Å². The Balaban J connectivity index is 1.88. The minimum atomic E-state index is -0.478. The predicted molar refractivity (Wildman–Crippen MR) is 121 cm³/mol. The van der Waals surface area contributed by atoms with E-state index in [1.807, 2.05) is 26.0 Å². The van der Waals surface area contributed by atoms with Crippen molar-refractivity contribution in [1.29, 1.82) is 5.26 Å². The number of aromatic nitrogens is 2. The Morgan fingerprint density at radius 3 is 2.69 bits per heavy atom. The van der Waals surface area contributed by atoms with Gasteiger partial charge in [0.1, 0.15) is 28.3 Å². The van der Waals surface area contributed by atoms with Crippen LogP contribution in [0.5, 0.6) is 0 Å². The highest BCUT2D eigenvalue weighted by molar-refractivity contribution is 6.29. The first kappa shape index (κ1) is 21.5. The van der Waals surface area contributed by atoms with Crippen LogP contribution in [0.2, 0.25) is 5.15 Å². The second kappa shape index (κ2) is 8.40. The molecule has 0 radical (unpaired) electrons. The zero-order valence-electron chi connectivity index (χ0n) is 17.5. The normalized spacial score (nSPS) is 11.9. The summed E-state index contributed by atoms with van der Waals surface area (Å²) in [7, 11) is 0. The van der Waals surface area contributed by atoms with Crippen molar-refractivity contribution in [2.75, 3.05) is 5.32 Å². The molecular weight excluding hydrogens is 431 g/mol. The van der Waals surface area contributed by atoms with Gasteiger partial charge < -0.3 is 9.73 Å². The van der Waals surface area contributed by atoms with Gasteiger partial charge in [0.2, 0.25) is 0 Å². The van der Waals surface area contributed by atoms with Crippen molar-refractivity contribution in [1.82, 2.24) is 9.97 Å². The van der Waals surface area contributed by atoms with Crippen molar-refractivity contribution in [3.8, 4) is 17.5 Å². The third kappa shape index (κ3) is 3.93. The van der Waals surface area contributed by atoms with Gasteiger partial charge in [-0.25, -0.2) is 14.4 Å². The van der Waals surface area contributed by atoms with Gasteiger partial charge in [-0.3, -0.25) is 4.79 Å². The van der Waals surface area contributed by atoms with Gasteiger partial charge in [0.25, 0.3) is 0 Å². The smallest absolute Gasteiger partial charge is 0.196 e. The number of benzene rings is 1. The number of pyridine rings is 2. The molecule has 0 aliphatic carbocycles. The Morgan fingerprint density at radius 2 is 2.00 bits per heavy atom. The molecule has 0 bridgehead atoms. The summed E-state index contributed by atoms with van der Waals surface area (Å²) in [5.41, 5.74) is 3.24. The largest absolute Gasteiger partial charge is 0.454 e. The molecule has 4 aromatic rings. The fourth-order valence-corrected chi connectivity index (χ4v) is 3.74. The zero-order valence-corrected chi connectivity index (χ0v) is 18.3. The van der Waals surface area contributed by atoms with Crippen LogP contribution in [-0.2, 0) is 0 Å². The first-order valence-electron chi connectivity index (χ1n) is 9.81. The van der Waals surface area contributed by atoms with Gasteiger partial charge in [0.15, 0.2) is 16.9 Å². The van der Waals surface area contributed by atoms with Crippen LogP contribution in [0.25, 0.3) is 22.4 Å². The van der Waals surface area contributed by atoms with Crippen LogP contribution in [-0.4, -0.2) is 9.97 Å². The number of hydrogen-bond donors (Lipinski definition) is 1. The number of aryl methyl sites for hydroxylation is 1. The molecule has 3 aromatic heterocycles. The zero-order chi connectivity index (χ0) is 23.0. The molecule has 0 aliphatic heterocycles. The number of nitrogens with zero attached hydrogens (tertiary/aromatic N) is 3. The SMILES string of the molecule is Cc1cc([C@@H](C)Nc2ccc(Cl)nc2C#N)c2oc(-c3ccc(F)cn3)c(C)c(=O)c2c1. The first-order valence-corrected chi connectivity index (χ1v) is 10.2. The Kier molecular flexibility index (Phi) is 5.64. The molecular formula is C24H18ClFN4O2. The lowest BCUT2D eigenvalue weighted by Gasteiger charge is -2.19. The summed E-state index contributed by atoms with van der Waals surface area (Å²) in [5.74, 6) is -0.195. The average molecular weight is 449 g/mol. The number of halogens is 2. The van der Waals surface area contributed by atoms with E-state index in [9.17, 15) is 14.4 Å². The maximum absolute atomic E-state index is 13.3. The molecule has 4 rings (SSSR count). The van der Waals surface area contributed by atoms with E-state index in [1.54, 1.807) is 25.1 Å². The molecule has 0 unspecified atom stereocenters. The topological polar surface area (TPSA) is 91.8 Å². The predicted octanol–water partition coefficient (Wildman–Crippen LogP) is 5.70. The third-order valence-corrected chi connectivity index (χ3v) is 5.37. The molecule has 6 nitrogen and oxygen atoms in total. The molecule has 160 valence electrons. The number of nitriles is 1. The molecule has 0 aliphatic rings. The lowest BCUT2D eigenvalue weighted by Crippen LogP contribution is -2.13. The molecule has 0 saturated heterocycles. The Hall–Kier alpha value is -3.76. The molecule has 0 saturated carbocycles. The molecule has 0 fully saturated rings. The van der Waals surface area contributed by atoms with Crippen LogP contribution < -0.4 is 10.7 Å². The van der Waals surface area contributed by atoms with E-state index >= 15 is 0 Å². The number of nitrogens with one attached hydrogen (secondary N) is 1. The van der Waals surface area contributed by atoms with Crippen LogP contribution in [0.4, 0.5) is 10.1 Å². The third-order valence-electron chi connectivity index (χ3n) is 5.16. The number of hydrogen-bond acceptors (Lipinski definition) is 6. The number of anilines is 1. The molecule has 0 spiro atoms. The molecule has 0 amide bonds. The van der Waals surface area contributed by atoms with Gasteiger partial charge in [0, 0.05) is 11.1 Å². The van der Waals surface area contributed by atoms with E-state index in [1.165, 1.54) is 12.1 Å². The van der Waals surface area contributed by atoms with E-state index in [0.29, 0.717) is 27.9 Å². The summed E-state index contributed by atoms with van der Waals surface area (Å²) < 4.78 is 19.5. The Bertz CT molecular complexity index is 1440. The van der Waals surface area contributed by atoms with Crippen LogP contribution in [0.1, 0.15) is 35.3 Å². The summed E-state index contributed by atoms with van der Waals surface area (Å²) in [4.78, 5) is 21.3. The molecule has 3 heterocycles. The molecule has 1 aromatic carbocycles. The molecule has 32 heavy (non-hydrogen) atoms. The minimum Gasteiger partial charge on any atom is -0.454 e.